The molecular formula is C11H16F2N2O2. The standard InChI is InChI=1S/C11H16F2N2O2/c1-15(2-4-17-5-3-16)10-7-8(12)6-9(13)11(10)14/h6-7,16H,2-5,14H2,1H3. The van der Waals surface area contributed by atoms with Crippen molar-refractivity contribution >= 4 is 11.4 Å². The Labute approximate surface area is 98.6 Å². The summed E-state index contributed by atoms with van der Waals surface area (Å²) in [6, 6.07) is 1.92. The zero-order valence-corrected chi connectivity index (χ0v) is 9.62. The van der Waals surface area contributed by atoms with E-state index in [2.05, 4.69) is 0 Å². The summed E-state index contributed by atoms with van der Waals surface area (Å²) in [5.41, 5.74) is 5.72. The van der Waals surface area contributed by atoms with Crippen LogP contribution in [0, 0.1) is 11.6 Å². The second kappa shape index (κ2) is 6.36. The van der Waals surface area contributed by atoms with E-state index >= 15 is 0 Å². The number of rotatable bonds is 6. The highest BCUT2D eigenvalue weighted by Gasteiger charge is 2.11. The normalized spacial score (nSPS) is 10.6. The van der Waals surface area contributed by atoms with Crippen LogP contribution in [-0.4, -0.2) is 38.5 Å². The number of hydrogen-bond donors (Lipinski definition) is 2. The molecule has 4 nitrogen and oxygen atoms in total. The number of aliphatic hydroxyl groups is 1. The minimum absolute atomic E-state index is 0.0551. The van der Waals surface area contributed by atoms with E-state index in [1.54, 1.807) is 11.9 Å². The first-order valence-electron chi connectivity index (χ1n) is 5.20. The monoisotopic (exact) mass is 246 g/mol. The Bertz CT molecular complexity index is 375. The zero-order chi connectivity index (χ0) is 12.8. The van der Waals surface area contributed by atoms with Gasteiger partial charge < -0.3 is 20.5 Å². The summed E-state index contributed by atoms with van der Waals surface area (Å²) in [6.45, 7) is 0.947. The van der Waals surface area contributed by atoms with Crippen LogP contribution in [0.3, 0.4) is 0 Å². The molecule has 1 rings (SSSR count). The number of aliphatic hydroxyl groups excluding tert-OH is 1. The Kier molecular flexibility index (Phi) is 5.11. The van der Waals surface area contributed by atoms with Gasteiger partial charge in [-0.25, -0.2) is 8.78 Å². The summed E-state index contributed by atoms with van der Waals surface area (Å²) >= 11 is 0. The van der Waals surface area contributed by atoms with E-state index in [0.717, 1.165) is 6.07 Å². The minimum atomic E-state index is -0.775. The van der Waals surface area contributed by atoms with Crippen molar-refractivity contribution in [2.45, 2.75) is 0 Å². The van der Waals surface area contributed by atoms with Crippen molar-refractivity contribution < 1.29 is 18.6 Å². The van der Waals surface area contributed by atoms with Crippen LogP contribution in [0.15, 0.2) is 12.1 Å². The number of benzene rings is 1. The average Bonchev–Trinajstić information content (AvgIpc) is 2.29. The molecule has 0 aromatic heterocycles. The van der Waals surface area contributed by atoms with Gasteiger partial charge in [-0.05, 0) is 6.07 Å². The fourth-order valence-corrected chi connectivity index (χ4v) is 1.38. The van der Waals surface area contributed by atoms with Gasteiger partial charge in [-0.15, -0.1) is 0 Å². The van der Waals surface area contributed by atoms with E-state index in [-0.39, 0.29) is 24.6 Å². The predicted molar refractivity (Wildman–Crippen MR) is 61.9 cm³/mol. The molecule has 0 saturated carbocycles. The van der Waals surface area contributed by atoms with Gasteiger partial charge in [0.1, 0.15) is 5.82 Å². The first kappa shape index (κ1) is 13.7. The summed E-state index contributed by atoms with van der Waals surface area (Å²) < 4.78 is 31.3. The maximum absolute atomic E-state index is 13.2. The molecule has 0 aliphatic carbocycles. The summed E-state index contributed by atoms with van der Waals surface area (Å²) in [5.74, 6) is -1.45. The van der Waals surface area contributed by atoms with E-state index in [4.69, 9.17) is 15.6 Å². The molecule has 0 unspecified atom stereocenters. The molecule has 96 valence electrons. The van der Waals surface area contributed by atoms with Crippen molar-refractivity contribution in [3.05, 3.63) is 23.8 Å². The molecule has 0 bridgehead atoms. The summed E-state index contributed by atoms with van der Waals surface area (Å²) in [4.78, 5) is 1.60. The van der Waals surface area contributed by atoms with Crippen LogP contribution in [0.1, 0.15) is 0 Å². The lowest BCUT2D eigenvalue weighted by Crippen LogP contribution is -2.24. The highest BCUT2D eigenvalue weighted by molar-refractivity contribution is 5.67. The first-order chi connectivity index (χ1) is 8.06. The van der Waals surface area contributed by atoms with Crippen molar-refractivity contribution in [1.82, 2.24) is 0 Å². The highest BCUT2D eigenvalue weighted by Crippen LogP contribution is 2.26. The van der Waals surface area contributed by atoms with E-state index in [1.807, 2.05) is 0 Å². The third-order valence-electron chi connectivity index (χ3n) is 2.29. The van der Waals surface area contributed by atoms with Gasteiger partial charge in [0.2, 0.25) is 0 Å². The summed E-state index contributed by atoms with van der Waals surface area (Å²) in [6.07, 6.45) is 0. The van der Waals surface area contributed by atoms with E-state index in [0.29, 0.717) is 13.2 Å². The molecule has 0 radical (unpaired) electrons. The molecule has 0 saturated heterocycles. The largest absolute Gasteiger partial charge is 0.395 e. The van der Waals surface area contributed by atoms with E-state index < -0.39 is 11.6 Å². The molecule has 6 heteroatoms. The molecule has 3 N–H and O–H groups in total. The van der Waals surface area contributed by atoms with Crippen LogP contribution in [0.25, 0.3) is 0 Å². The molecule has 0 heterocycles. The van der Waals surface area contributed by atoms with Crippen molar-refractivity contribution in [2.75, 3.05) is 44.0 Å². The Morgan fingerprint density at radius 3 is 2.71 bits per heavy atom. The van der Waals surface area contributed by atoms with Gasteiger partial charge >= 0.3 is 0 Å². The van der Waals surface area contributed by atoms with Gasteiger partial charge in [0.15, 0.2) is 5.82 Å². The average molecular weight is 246 g/mol. The second-order valence-electron chi connectivity index (χ2n) is 3.58. The molecule has 17 heavy (non-hydrogen) atoms. The van der Waals surface area contributed by atoms with Crippen LogP contribution in [0.2, 0.25) is 0 Å². The fourth-order valence-electron chi connectivity index (χ4n) is 1.38. The van der Waals surface area contributed by atoms with Crippen molar-refractivity contribution in [3.63, 3.8) is 0 Å². The van der Waals surface area contributed by atoms with Crippen LogP contribution in [0.4, 0.5) is 20.2 Å². The van der Waals surface area contributed by atoms with E-state index in [9.17, 15) is 8.78 Å². The van der Waals surface area contributed by atoms with Gasteiger partial charge in [0, 0.05) is 19.7 Å². The van der Waals surface area contributed by atoms with Crippen molar-refractivity contribution in [2.24, 2.45) is 0 Å². The second-order valence-corrected chi connectivity index (χ2v) is 3.58. The van der Waals surface area contributed by atoms with Gasteiger partial charge in [-0.2, -0.15) is 0 Å². The van der Waals surface area contributed by atoms with Gasteiger partial charge in [0.25, 0.3) is 0 Å². The van der Waals surface area contributed by atoms with Crippen LogP contribution in [0.5, 0.6) is 0 Å². The van der Waals surface area contributed by atoms with Crippen LogP contribution in [-0.2, 0) is 4.74 Å². The number of nitrogens with zero attached hydrogens (tertiary/aromatic N) is 1. The number of halogens is 2. The molecule has 0 atom stereocenters. The van der Waals surface area contributed by atoms with Crippen molar-refractivity contribution in [1.29, 1.82) is 0 Å². The lowest BCUT2D eigenvalue weighted by molar-refractivity contribution is 0.0971. The number of anilines is 2. The molecule has 0 fully saturated rings. The Hall–Kier alpha value is -1.40. The van der Waals surface area contributed by atoms with Crippen molar-refractivity contribution in [3.8, 4) is 0 Å². The number of likely N-dealkylation sites (N-methyl/N-ethyl adjacent to an activating group) is 1. The quantitative estimate of drug-likeness (QED) is 0.580. The molecule has 0 spiro atoms. The minimum Gasteiger partial charge on any atom is -0.395 e. The summed E-state index contributed by atoms with van der Waals surface area (Å²) in [7, 11) is 1.66. The highest BCUT2D eigenvalue weighted by atomic mass is 19.1. The molecule has 1 aromatic rings. The molecule has 0 aliphatic heterocycles. The Morgan fingerprint density at radius 1 is 1.35 bits per heavy atom. The Morgan fingerprint density at radius 2 is 2.06 bits per heavy atom. The van der Waals surface area contributed by atoms with Gasteiger partial charge in [-0.1, -0.05) is 0 Å². The SMILES string of the molecule is CN(CCOCCO)c1cc(F)cc(F)c1N. The molecular weight excluding hydrogens is 230 g/mol. The van der Waals surface area contributed by atoms with Gasteiger partial charge in [-0.3, -0.25) is 0 Å². The number of ether oxygens (including phenoxy) is 1. The Balaban J connectivity index is 2.65. The number of hydrogen-bond acceptors (Lipinski definition) is 4. The fraction of sp³-hybridized carbons (Fsp3) is 0.455. The summed E-state index contributed by atoms with van der Waals surface area (Å²) in [5, 5.41) is 8.51. The molecule has 1 aromatic carbocycles. The lowest BCUT2D eigenvalue weighted by atomic mass is 10.2. The number of nitrogens with two attached hydrogens (primary N) is 1. The third kappa shape index (κ3) is 3.83. The molecule has 0 amide bonds. The lowest BCUT2D eigenvalue weighted by Gasteiger charge is -2.21. The van der Waals surface area contributed by atoms with Crippen LogP contribution >= 0.6 is 0 Å². The smallest absolute Gasteiger partial charge is 0.151 e. The number of nitrogen functional groups attached to an aromatic ring is 1. The van der Waals surface area contributed by atoms with Gasteiger partial charge in [0.05, 0.1) is 31.2 Å². The maximum Gasteiger partial charge on any atom is 0.151 e. The van der Waals surface area contributed by atoms with E-state index in [1.165, 1.54) is 6.07 Å². The third-order valence-corrected chi connectivity index (χ3v) is 2.29. The van der Waals surface area contributed by atoms with Crippen LogP contribution < -0.4 is 10.6 Å². The maximum atomic E-state index is 13.2. The topological polar surface area (TPSA) is 58.7 Å². The first-order valence-corrected chi connectivity index (χ1v) is 5.20. The zero-order valence-electron chi connectivity index (χ0n) is 9.62. The predicted octanol–water partition coefficient (Wildman–Crippen LogP) is 0.992. The molecule has 0 aliphatic rings.